The van der Waals surface area contributed by atoms with Gasteiger partial charge in [-0.05, 0) is 39.2 Å². The monoisotopic (exact) mass is 239 g/mol. The minimum atomic E-state index is -0.0668. The number of nitrogens with one attached hydrogen (secondary N) is 3. The second-order valence-corrected chi connectivity index (χ2v) is 5.14. The van der Waals surface area contributed by atoms with Gasteiger partial charge in [0, 0.05) is 18.0 Å². The van der Waals surface area contributed by atoms with E-state index in [1.165, 1.54) is 0 Å². The van der Waals surface area contributed by atoms with Crippen LogP contribution in [0, 0.1) is 5.92 Å². The van der Waals surface area contributed by atoms with E-state index in [1.54, 1.807) is 0 Å². The number of piperidine rings is 1. The normalized spacial score (nSPS) is 28.5. The molecule has 2 rings (SSSR count). The molecule has 0 bridgehead atoms. The largest absolute Gasteiger partial charge is 0.352 e. The molecule has 1 saturated heterocycles. The van der Waals surface area contributed by atoms with Gasteiger partial charge in [-0.3, -0.25) is 9.59 Å². The van der Waals surface area contributed by atoms with Crippen molar-refractivity contribution in [1.29, 1.82) is 0 Å². The summed E-state index contributed by atoms with van der Waals surface area (Å²) < 4.78 is 0. The van der Waals surface area contributed by atoms with Crippen LogP contribution < -0.4 is 16.0 Å². The summed E-state index contributed by atoms with van der Waals surface area (Å²) in [7, 11) is 0. The van der Waals surface area contributed by atoms with Crippen LogP contribution in [0.25, 0.3) is 0 Å². The number of amides is 2. The van der Waals surface area contributed by atoms with Crippen molar-refractivity contribution in [3.8, 4) is 0 Å². The third-order valence-electron chi connectivity index (χ3n) is 3.36. The van der Waals surface area contributed by atoms with E-state index < -0.39 is 0 Å². The Kier molecular flexibility index (Phi) is 3.99. The summed E-state index contributed by atoms with van der Waals surface area (Å²) in [4.78, 5) is 23.2. The van der Waals surface area contributed by atoms with Crippen LogP contribution in [0.2, 0.25) is 0 Å². The van der Waals surface area contributed by atoms with Gasteiger partial charge in [-0.1, -0.05) is 0 Å². The molecule has 0 aromatic carbocycles. The zero-order valence-corrected chi connectivity index (χ0v) is 10.3. The van der Waals surface area contributed by atoms with Gasteiger partial charge in [0.2, 0.25) is 11.8 Å². The summed E-state index contributed by atoms with van der Waals surface area (Å²) in [5.74, 6) is 0.00658. The number of rotatable bonds is 4. The van der Waals surface area contributed by atoms with Gasteiger partial charge in [-0.15, -0.1) is 0 Å². The molecule has 17 heavy (non-hydrogen) atoms. The predicted octanol–water partition coefficient (Wildman–Crippen LogP) is -0.231. The highest BCUT2D eigenvalue weighted by Gasteiger charge is 2.26. The summed E-state index contributed by atoms with van der Waals surface area (Å²) in [5, 5.41) is 8.89. The molecule has 1 aliphatic carbocycles. The number of hydrogen-bond donors (Lipinski definition) is 3. The Bertz CT molecular complexity index is 302. The van der Waals surface area contributed by atoms with E-state index in [4.69, 9.17) is 0 Å². The van der Waals surface area contributed by atoms with Crippen LogP contribution in [0.5, 0.6) is 0 Å². The Hall–Kier alpha value is -1.10. The summed E-state index contributed by atoms with van der Waals surface area (Å²) in [6.45, 7) is 3.08. The average Bonchev–Trinajstić information content (AvgIpc) is 3.10. The molecule has 2 atom stereocenters. The highest BCUT2D eigenvalue weighted by molar-refractivity contribution is 5.86. The lowest BCUT2D eigenvalue weighted by Gasteiger charge is -2.26. The second-order valence-electron chi connectivity index (χ2n) is 5.14. The van der Waals surface area contributed by atoms with Gasteiger partial charge in [-0.25, -0.2) is 0 Å². The van der Waals surface area contributed by atoms with E-state index in [2.05, 4.69) is 22.9 Å². The number of carbonyl (C=O) groups is 2. The zero-order valence-electron chi connectivity index (χ0n) is 10.3. The maximum absolute atomic E-state index is 11.8. The molecule has 3 N–H and O–H groups in total. The van der Waals surface area contributed by atoms with Gasteiger partial charge in [0.15, 0.2) is 0 Å². The van der Waals surface area contributed by atoms with Crippen LogP contribution in [0.15, 0.2) is 0 Å². The molecule has 0 spiro atoms. The van der Waals surface area contributed by atoms with Crippen molar-refractivity contribution in [2.45, 2.75) is 44.7 Å². The summed E-state index contributed by atoms with van der Waals surface area (Å²) in [6, 6.07) is 0.748. The molecule has 96 valence electrons. The van der Waals surface area contributed by atoms with Crippen molar-refractivity contribution >= 4 is 11.8 Å². The first-order valence-corrected chi connectivity index (χ1v) is 6.45. The molecular weight excluding hydrogens is 218 g/mol. The van der Waals surface area contributed by atoms with Gasteiger partial charge in [0.1, 0.15) is 0 Å². The van der Waals surface area contributed by atoms with Crippen molar-refractivity contribution in [1.82, 2.24) is 16.0 Å². The fraction of sp³-hybridized carbons (Fsp3) is 0.833. The molecular formula is C12H21N3O2. The van der Waals surface area contributed by atoms with E-state index in [1.807, 2.05) is 0 Å². The van der Waals surface area contributed by atoms with Crippen LogP contribution >= 0.6 is 0 Å². The Morgan fingerprint density at radius 1 is 1.29 bits per heavy atom. The summed E-state index contributed by atoms with van der Waals surface area (Å²) in [5.41, 5.74) is 0. The van der Waals surface area contributed by atoms with Crippen molar-refractivity contribution < 1.29 is 9.59 Å². The lowest BCUT2D eigenvalue weighted by atomic mass is 9.92. The molecule has 2 unspecified atom stereocenters. The molecule has 0 aromatic rings. The van der Waals surface area contributed by atoms with Gasteiger partial charge in [-0.2, -0.15) is 0 Å². The van der Waals surface area contributed by atoms with Gasteiger partial charge in [0.25, 0.3) is 0 Å². The fourth-order valence-electron chi connectivity index (χ4n) is 2.19. The molecule has 2 amide bonds. The van der Waals surface area contributed by atoms with E-state index in [-0.39, 0.29) is 24.3 Å². The fourth-order valence-corrected chi connectivity index (χ4v) is 2.19. The maximum atomic E-state index is 11.8. The Labute approximate surface area is 102 Å². The average molecular weight is 239 g/mol. The Balaban J connectivity index is 1.66. The topological polar surface area (TPSA) is 70.2 Å². The Morgan fingerprint density at radius 3 is 2.71 bits per heavy atom. The van der Waals surface area contributed by atoms with Crippen LogP contribution in [-0.4, -0.2) is 37.0 Å². The summed E-state index contributed by atoms with van der Waals surface area (Å²) in [6.07, 6.45) is 3.87. The Morgan fingerprint density at radius 2 is 2.06 bits per heavy atom. The first-order chi connectivity index (χ1) is 8.15. The van der Waals surface area contributed by atoms with Crippen molar-refractivity contribution in [3.63, 3.8) is 0 Å². The van der Waals surface area contributed by atoms with Crippen molar-refractivity contribution in [2.24, 2.45) is 5.92 Å². The third kappa shape index (κ3) is 4.00. The van der Waals surface area contributed by atoms with E-state index >= 15 is 0 Å². The molecule has 5 heteroatoms. The molecule has 0 radical (unpaired) electrons. The molecule has 0 aromatic heterocycles. The van der Waals surface area contributed by atoms with E-state index in [0.717, 1.165) is 32.2 Å². The summed E-state index contributed by atoms with van der Waals surface area (Å²) >= 11 is 0. The molecule has 1 aliphatic heterocycles. The zero-order chi connectivity index (χ0) is 12.3. The maximum Gasteiger partial charge on any atom is 0.239 e. The molecule has 2 aliphatic rings. The van der Waals surface area contributed by atoms with Crippen molar-refractivity contribution in [3.05, 3.63) is 0 Å². The van der Waals surface area contributed by atoms with Crippen LogP contribution in [0.4, 0.5) is 0 Å². The van der Waals surface area contributed by atoms with Gasteiger partial charge >= 0.3 is 0 Å². The molecule has 1 saturated carbocycles. The smallest absolute Gasteiger partial charge is 0.239 e. The van der Waals surface area contributed by atoms with E-state index in [0.29, 0.717) is 12.1 Å². The quantitative estimate of drug-likeness (QED) is 0.634. The standard InChI is InChI=1S/C12H21N3O2/c1-8-6-9(4-5-13-8)12(17)14-7-11(16)15-10-2-3-10/h8-10,13H,2-7H2,1H3,(H,14,17)(H,15,16). The minimum absolute atomic E-state index is 0.0179. The first kappa shape index (κ1) is 12.4. The highest BCUT2D eigenvalue weighted by atomic mass is 16.2. The van der Waals surface area contributed by atoms with Crippen molar-refractivity contribution in [2.75, 3.05) is 13.1 Å². The lowest BCUT2D eigenvalue weighted by molar-refractivity contribution is -0.129. The molecule has 2 fully saturated rings. The molecule has 5 nitrogen and oxygen atoms in total. The highest BCUT2D eigenvalue weighted by Crippen LogP contribution is 2.18. The second kappa shape index (κ2) is 5.49. The number of carbonyl (C=O) groups excluding carboxylic acids is 2. The van der Waals surface area contributed by atoms with Crippen LogP contribution in [0.1, 0.15) is 32.6 Å². The lowest BCUT2D eigenvalue weighted by Crippen LogP contribution is -2.45. The SMILES string of the molecule is CC1CC(C(=O)NCC(=O)NC2CC2)CCN1. The minimum Gasteiger partial charge on any atom is -0.352 e. The number of hydrogen-bond acceptors (Lipinski definition) is 3. The van der Waals surface area contributed by atoms with Crippen LogP contribution in [-0.2, 0) is 9.59 Å². The van der Waals surface area contributed by atoms with Gasteiger partial charge < -0.3 is 16.0 Å². The predicted molar refractivity (Wildman–Crippen MR) is 64.4 cm³/mol. The molecule has 1 heterocycles. The van der Waals surface area contributed by atoms with E-state index in [9.17, 15) is 9.59 Å². The third-order valence-corrected chi connectivity index (χ3v) is 3.36. The first-order valence-electron chi connectivity index (χ1n) is 6.45. The van der Waals surface area contributed by atoms with Crippen LogP contribution in [0.3, 0.4) is 0 Å². The van der Waals surface area contributed by atoms with Gasteiger partial charge in [0.05, 0.1) is 6.54 Å².